The van der Waals surface area contributed by atoms with Gasteiger partial charge in [0.05, 0.1) is 38.5 Å². The molecule has 0 bridgehead atoms. The number of hydrogen-bond acceptors (Lipinski definition) is 12. The van der Waals surface area contributed by atoms with E-state index in [2.05, 4.69) is 70.6 Å². The number of likely N-dealkylation sites (tertiary alicyclic amines) is 1. The molecule has 8 rings (SSSR count). The zero-order valence-corrected chi connectivity index (χ0v) is 44.2. The lowest BCUT2D eigenvalue weighted by Crippen LogP contribution is -2.47. The van der Waals surface area contributed by atoms with Crippen LogP contribution in [-0.4, -0.2) is 125 Å². The molecule has 1 aromatic heterocycles. The number of carbonyl (C=O) groups excluding carboxylic acids is 1. The lowest BCUT2D eigenvalue weighted by atomic mass is 9.72. The van der Waals surface area contributed by atoms with Gasteiger partial charge in [0.2, 0.25) is 0 Å². The van der Waals surface area contributed by atoms with E-state index in [1.54, 1.807) is 34.0 Å². The quantitative estimate of drug-likeness (QED) is 0.0329. The maximum Gasteiger partial charge on any atom is 0.293 e. The third-order valence-electron chi connectivity index (χ3n) is 14.0. The van der Waals surface area contributed by atoms with Gasteiger partial charge in [0.15, 0.2) is 0 Å². The van der Waals surface area contributed by atoms with Crippen molar-refractivity contribution in [1.82, 2.24) is 24.3 Å². The van der Waals surface area contributed by atoms with Crippen molar-refractivity contribution in [2.45, 2.75) is 88.9 Å². The lowest BCUT2D eigenvalue weighted by Gasteiger charge is -2.39. The average molecular weight is 1050 g/mol. The number of amides is 1. The Labute approximate surface area is 426 Å². The lowest BCUT2D eigenvalue weighted by molar-refractivity contribution is -0.384. The molecular formula is C52H65ClF2N8O7SSi. The number of allylic oxidation sites excluding steroid dienone is 1. The van der Waals surface area contributed by atoms with E-state index in [4.69, 9.17) is 21.1 Å². The highest BCUT2D eigenvalue weighted by atomic mass is 35.5. The molecule has 1 amide bonds. The fourth-order valence-electron chi connectivity index (χ4n) is 9.68. The second-order valence-corrected chi connectivity index (χ2v) is 28.9. The minimum Gasteiger partial charge on any atom is -0.456 e. The smallest absolute Gasteiger partial charge is 0.293 e. The summed E-state index contributed by atoms with van der Waals surface area (Å²) >= 11 is 6.27. The molecule has 0 radical (unpaired) electrons. The normalized spacial score (nSPS) is 18.0. The van der Waals surface area contributed by atoms with Gasteiger partial charge in [-0.2, -0.15) is 5.10 Å². The van der Waals surface area contributed by atoms with Crippen molar-refractivity contribution in [3.8, 4) is 11.5 Å². The van der Waals surface area contributed by atoms with Gasteiger partial charge in [-0.05, 0) is 96.8 Å². The number of benzene rings is 4. The predicted molar refractivity (Wildman–Crippen MR) is 282 cm³/mol. The van der Waals surface area contributed by atoms with Crippen molar-refractivity contribution in [3.63, 3.8) is 0 Å². The van der Waals surface area contributed by atoms with Gasteiger partial charge in [0, 0.05) is 89.4 Å². The first kappa shape index (κ1) is 52.9. The van der Waals surface area contributed by atoms with E-state index in [0.717, 1.165) is 62.2 Å². The van der Waals surface area contributed by atoms with Gasteiger partial charge in [-0.25, -0.2) is 26.6 Å². The molecule has 2 aliphatic heterocycles. The summed E-state index contributed by atoms with van der Waals surface area (Å²) in [6, 6.07) is 21.7. The van der Waals surface area contributed by atoms with Gasteiger partial charge >= 0.3 is 0 Å². The van der Waals surface area contributed by atoms with Crippen molar-refractivity contribution in [2.24, 2.45) is 5.41 Å². The highest BCUT2D eigenvalue weighted by Gasteiger charge is 2.33. The van der Waals surface area contributed by atoms with Crippen LogP contribution in [0.3, 0.4) is 0 Å². The third kappa shape index (κ3) is 12.8. The van der Waals surface area contributed by atoms with E-state index in [9.17, 15) is 32.1 Å². The zero-order valence-electron chi connectivity index (χ0n) is 41.6. The monoisotopic (exact) mass is 1050 g/mol. The number of fused-ring (bicyclic) bond motifs is 1. The summed E-state index contributed by atoms with van der Waals surface area (Å²) < 4.78 is 71.1. The van der Waals surface area contributed by atoms with Crippen LogP contribution in [0.1, 0.15) is 55.5 Å². The fraction of sp³-hybridized carbons (Fsp3) is 0.462. The molecule has 20 heteroatoms. The maximum absolute atomic E-state index is 14.3. The molecule has 0 spiro atoms. The van der Waals surface area contributed by atoms with E-state index >= 15 is 0 Å². The third-order valence-corrected chi connectivity index (χ3v) is 17.3. The molecule has 386 valence electrons. The predicted octanol–water partition coefficient (Wildman–Crippen LogP) is 10.4. The standard InChI is InChI=1S/C52H65ClF2N8O7SSi/c1-52(2)19-17-37(44(29-52)36-9-11-38(53)12-10-36)33-59-21-23-60(24-22-59)40-13-15-43(50(27-40)70-49-8-6-7-47-45(49)32-56-62(47)35-69-25-26-72(3,4)5)51(64)58-71(67,68)42-14-16-46(48(28-42)63(65)66)57-39-18-20-61(34-39)41(30-54)31-55/h6-16,27-28,32,39,41,57H,17-26,29-31,33-35H2,1-5H3,(H,58,64). The summed E-state index contributed by atoms with van der Waals surface area (Å²) in [4.78, 5) is 31.7. The number of hydrogen-bond donors (Lipinski definition) is 2. The number of carbonyl (C=O) groups is 1. The molecule has 3 heterocycles. The summed E-state index contributed by atoms with van der Waals surface area (Å²) in [7, 11) is -6.00. The SMILES string of the molecule is CC1(C)CCC(CN2CCN(c3ccc(C(=O)NS(=O)(=O)c4ccc(NC5CCN(C(CF)CF)C5)c([N+](=O)[O-])c4)c(Oc4cccc5c4cnn5COCC[Si](C)(C)C)c3)CC2)=C(c2ccc(Cl)cc2)C1. The first-order chi connectivity index (χ1) is 34.3. The Morgan fingerprint density at radius 3 is 2.44 bits per heavy atom. The zero-order chi connectivity index (χ0) is 51.4. The van der Waals surface area contributed by atoms with Gasteiger partial charge in [-0.3, -0.25) is 24.7 Å². The van der Waals surface area contributed by atoms with E-state index in [0.29, 0.717) is 48.8 Å². The number of nitro benzene ring substituents is 1. The van der Waals surface area contributed by atoms with Crippen LogP contribution in [0, 0.1) is 15.5 Å². The molecule has 1 aliphatic carbocycles. The summed E-state index contributed by atoms with van der Waals surface area (Å²) in [6.07, 6.45) is 5.26. The Balaban J connectivity index is 1.03. The topological polar surface area (TPSA) is 164 Å². The Bertz CT molecular complexity index is 2900. The number of halogens is 3. The van der Waals surface area contributed by atoms with E-state index in [-0.39, 0.29) is 41.7 Å². The van der Waals surface area contributed by atoms with Crippen LogP contribution < -0.4 is 19.7 Å². The number of nitrogens with zero attached hydrogens (tertiary/aromatic N) is 6. The van der Waals surface area contributed by atoms with Gasteiger partial charge in [0.1, 0.15) is 37.3 Å². The molecule has 1 unspecified atom stereocenters. The molecule has 3 aliphatic rings. The molecule has 4 aromatic carbocycles. The number of ether oxygens (including phenoxy) is 2. The van der Waals surface area contributed by atoms with Crippen molar-refractivity contribution in [2.75, 3.05) is 76.0 Å². The second kappa shape index (κ2) is 22.4. The van der Waals surface area contributed by atoms with Crippen LogP contribution in [0.5, 0.6) is 11.5 Å². The van der Waals surface area contributed by atoms with Gasteiger partial charge in [0.25, 0.3) is 21.6 Å². The highest BCUT2D eigenvalue weighted by molar-refractivity contribution is 7.90. The summed E-state index contributed by atoms with van der Waals surface area (Å²) in [5.74, 6) is -0.531. The molecule has 0 saturated carbocycles. The van der Waals surface area contributed by atoms with Crippen LogP contribution in [-0.2, 0) is 21.5 Å². The Morgan fingerprint density at radius 1 is 0.986 bits per heavy atom. The van der Waals surface area contributed by atoms with Gasteiger partial charge < -0.3 is 19.7 Å². The summed E-state index contributed by atoms with van der Waals surface area (Å²) in [5.41, 5.74) is 5.18. The molecule has 72 heavy (non-hydrogen) atoms. The summed E-state index contributed by atoms with van der Waals surface area (Å²) in [6.45, 7) is 15.1. The average Bonchev–Trinajstić information content (AvgIpc) is 3.99. The summed E-state index contributed by atoms with van der Waals surface area (Å²) in [5, 5.41) is 21.3. The maximum atomic E-state index is 14.3. The number of sulfonamides is 1. The number of nitrogens with one attached hydrogen (secondary N) is 2. The number of alkyl halides is 2. The molecular weight excluding hydrogens is 982 g/mol. The van der Waals surface area contributed by atoms with Crippen molar-refractivity contribution >= 4 is 69.1 Å². The molecule has 15 nitrogen and oxygen atoms in total. The van der Waals surface area contributed by atoms with Gasteiger partial charge in [-0.1, -0.05) is 68.9 Å². The first-order valence-corrected chi connectivity index (χ1v) is 30.1. The number of aromatic nitrogens is 2. The number of rotatable bonds is 20. The Hall–Kier alpha value is -5.44. The van der Waals surface area contributed by atoms with Crippen molar-refractivity contribution in [1.29, 1.82) is 0 Å². The van der Waals surface area contributed by atoms with Crippen LogP contribution in [0.2, 0.25) is 30.7 Å². The highest BCUT2D eigenvalue weighted by Crippen LogP contribution is 2.44. The van der Waals surface area contributed by atoms with Crippen molar-refractivity contribution < 1.29 is 36.4 Å². The number of nitro groups is 1. The molecule has 2 N–H and O–H groups in total. The van der Waals surface area contributed by atoms with E-state index < -0.39 is 58.9 Å². The van der Waals surface area contributed by atoms with Crippen molar-refractivity contribution in [3.05, 3.63) is 117 Å². The van der Waals surface area contributed by atoms with Crippen LogP contribution in [0.15, 0.2) is 95.5 Å². The van der Waals surface area contributed by atoms with Crippen LogP contribution in [0.25, 0.3) is 16.5 Å². The number of piperazine rings is 1. The fourth-order valence-corrected chi connectivity index (χ4v) is 11.5. The Morgan fingerprint density at radius 2 is 1.74 bits per heavy atom. The van der Waals surface area contributed by atoms with Crippen LogP contribution in [0.4, 0.5) is 25.8 Å². The van der Waals surface area contributed by atoms with Crippen LogP contribution >= 0.6 is 11.6 Å². The molecule has 2 saturated heterocycles. The molecule has 1 atom stereocenters. The minimum atomic E-state index is -4.68. The Kier molecular flexibility index (Phi) is 16.4. The van der Waals surface area contributed by atoms with E-state index in [1.807, 2.05) is 24.3 Å². The molecule has 2 fully saturated rings. The van der Waals surface area contributed by atoms with Gasteiger partial charge in [-0.15, -0.1) is 0 Å². The molecule has 5 aromatic rings. The number of anilines is 2. The minimum absolute atomic E-state index is 0.0368. The largest absolute Gasteiger partial charge is 0.456 e. The second-order valence-electron chi connectivity index (χ2n) is 21.1. The van der Waals surface area contributed by atoms with E-state index in [1.165, 1.54) is 34.9 Å². The first-order valence-electron chi connectivity index (χ1n) is 24.6.